The molecule has 0 radical (unpaired) electrons. The summed E-state index contributed by atoms with van der Waals surface area (Å²) in [5, 5.41) is 0.770. The van der Waals surface area contributed by atoms with E-state index in [-0.39, 0.29) is 6.23 Å². The van der Waals surface area contributed by atoms with Gasteiger partial charge in [0.05, 0.1) is 0 Å². The zero-order valence-corrected chi connectivity index (χ0v) is 11.8. The first-order valence-corrected chi connectivity index (χ1v) is 6.74. The van der Waals surface area contributed by atoms with E-state index >= 15 is 0 Å². The van der Waals surface area contributed by atoms with E-state index in [0.29, 0.717) is 0 Å². The Bertz CT molecular complexity index is 597. The fraction of sp³-hybridized carbons (Fsp3) is 0.250. The van der Waals surface area contributed by atoms with Gasteiger partial charge in [-0.05, 0) is 31.7 Å². The van der Waals surface area contributed by atoms with Crippen molar-refractivity contribution in [3.63, 3.8) is 0 Å². The van der Waals surface area contributed by atoms with E-state index in [2.05, 4.69) is 24.1 Å². The molecule has 0 saturated carbocycles. The number of rotatable bonds is 1. The van der Waals surface area contributed by atoms with Gasteiger partial charge in [0.2, 0.25) is 0 Å². The highest BCUT2D eigenvalue weighted by Crippen LogP contribution is 2.38. The first-order valence-electron chi connectivity index (χ1n) is 6.36. The highest BCUT2D eigenvalue weighted by Gasteiger charge is 2.27. The van der Waals surface area contributed by atoms with E-state index in [0.717, 1.165) is 28.4 Å². The van der Waals surface area contributed by atoms with Gasteiger partial charge < -0.3 is 4.74 Å². The third-order valence-corrected chi connectivity index (χ3v) is 3.67. The second kappa shape index (κ2) is 4.87. The van der Waals surface area contributed by atoms with Crippen LogP contribution in [0.2, 0.25) is 5.02 Å². The van der Waals surface area contributed by atoms with Crippen LogP contribution < -0.4 is 4.74 Å². The number of aryl methyl sites for hydroxylation is 1. The molecule has 0 unspecified atom stereocenters. The SMILES string of the molecule is Cc1cc(Cl)cc2c1O[C@H](c1ccccc1)N(C)C2. The van der Waals surface area contributed by atoms with Gasteiger partial charge in [0.15, 0.2) is 6.23 Å². The molecule has 0 fully saturated rings. The van der Waals surface area contributed by atoms with Gasteiger partial charge in [0.1, 0.15) is 5.75 Å². The molecular weight excluding hydrogens is 258 g/mol. The van der Waals surface area contributed by atoms with Crippen molar-refractivity contribution < 1.29 is 4.74 Å². The third-order valence-electron chi connectivity index (χ3n) is 3.45. The van der Waals surface area contributed by atoms with Crippen LogP contribution in [0.5, 0.6) is 5.75 Å². The smallest absolute Gasteiger partial charge is 0.179 e. The highest BCUT2D eigenvalue weighted by atomic mass is 35.5. The average Bonchev–Trinajstić information content (AvgIpc) is 2.38. The quantitative estimate of drug-likeness (QED) is 0.773. The predicted molar refractivity (Wildman–Crippen MR) is 77.5 cm³/mol. The summed E-state index contributed by atoms with van der Waals surface area (Å²) < 4.78 is 6.18. The molecule has 2 nitrogen and oxygen atoms in total. The van der Waals surface area contributed by atoms with Crippen LogP contribution in [-0.2, 0) is 6.54 Å². The number of hydrogen-bond donors (Lipinski definition) is 0. The summed E-state index contributed by atoms with van der Waals surface area (Å²) in [6.45, 7) is 2.88. The van der Waals surface area contributed by atoms with Crippen molar-refractivity contribution in [1.29, 1.82) is 0 Å². The molecule has 3 rings (SSSR count). The zero-order valence-electron chi connectivity index (χ0n) is 11.1. The molecule has 1 aliphatic rings. The average molecular weight is 274 g/mol. The van der Waals surface area contributed by atoms with Crippen molar-refractivity contribution in [3.05, 3.63) is 64.2 Å². The molecule has 1 aliphatic heterocycles. The molecule has 19 heavy (non-hydrogen) atoms. The monoisotopic (exact) mass is 273 g/mol. The molecule has 0 amide bonds. The van der Waals surface area contributed by atoms with Crippen LogP contribution in [0.1, 0.15) is 22.9 Å². The standard InChI is InChI=1S/C16H16ClNO/c1-11-8-14(17)9-13-10-18(2)16(19-15(11)13)12-6-4-3-5-7-12/h3-9,16H,10H2,1-2H3/t16-/m1/s1. The van der Waals surface area contributed by atoms with E-state index in [1.54, 1.807) is 0 Å². The van der Waals surface area contributed by atoms with Gasteiger partial charge in [-0.2, -0.15) is 0 Å². The van der Waals surface area contributed by atoms with Crippen molar-refractivity contribution in [3.8, 4) is 5.75 Å². The summed E-state index contributed by atoms with van der Waals surface area (Å²) in [6, 6.07) is 14.2. The minimum Gasteiger partial charge on any atom is -0.470 e. The lowest BCUT2D eigenvalue weighted by atomic mass is 10.1. The van der Waals surface area contributed by atoms with Crippen LogP contribution in [-0.4, -0.2) is 11.9 Å². The Balaban J connectivity index is 2.00. The number of benzene rings is 2. The number of fused-ring (bicyclic) bond motifs is 1. The Hall–Kier alpha value is -1.51. The second-order valence-electron chi connectivity index (χ2n) is 5.01. The summed E-state index contributed by atoms with van der Waals surface area (Å²) in [4.78, 5) is 2.19. The third kappa shape index (κ3) is 2.34. The molecule has 0 bridgehead atoms. The molecule has 0 N–H and O–H groups in total. The van der Waals surface area contributed by atoms with Gasteiger partial charge in [-0.25, -0.2) is 0 Å². The summed E-state index contributed by atoms with van der Waals surface area (Å²) in [5.41, 5.74) is 3.42. The molecule has 0 aliphatic carbocycles. The highest BCUT2D eigenvalue weighted by molar-refractivity contribution is 6.30. The topological polar surface area (TPSA) is 12.5 Å². The molecule has 0 saturated heterocycles. The van der Waals surface area contributed by atoms with Crippen molar-refractivity contribution in [1.82, 2.24) is 4.90 Å². The maximum absolute atomic E-state index is 6.18. The lowest BCUT2D eigenvalue weighted by molar-refractivity contribution is 0.0168. The normalized spacial score (nSPS) is 18.8. The molecule has 0 spiro atoms. The van der Waals surface area contributed by atoms with Crippen LogP contribution in [0.25, 0.3) is 0 Å². The van der Waals surface area contributed by atoms with Gasteiger partial charge in [-0.1, -0.05) is 41.9 Å². The number of ether oxygens (including phenoxy) is 1. The molecule has 2 aromatic carbocycles. The molecule has 2 aromatic rings. The van der Waals surface area contributed by atoms with E-state index in [1.165, 1.54) is 5.56 Å². The molecule has 0 aromatic heterocycles. The van der Waals surface area contributed by atoms with Crippen LogP contribution in [0.4, 0.5) is 0 Å². The minimum atomic E-state index is -0.0337. The van der Waals surface area contributed by atoms with E-state index in [1.807, 2.05) is 37.3 Å². The summed E-state index contributed by atoms with van der Waals surface area (Å²) in [7, 11) is 2.07. The van der Waals surface area contributed by atoms with Crippen molar-refractivity contribution in [2.45, 2.75) is 19.7 Å². The summed E-state index contributed by atoms with van der Waals surface area (Å²) in [6.07, 6.45) is -0.0337. The molecule has 98 valence electrons. The Morgan fingerprint density at radius 1 is 1.21 bits per heavy atom. The minimum absolute atomic E-state index is 0.0337. The van der Waals surface area contributed by atoms with E-state index in [9.17, 15) is 0 Å². The van der Waals surface area contributed by atoms with Crippen molar-refractivity contribution >= 4 is 11.6 Å². The lowest BCUT2D eigenvalue weighted by Gasteiger charge is -2.35. The lowest BCUT2D eigenvalue weighted by Crippen LogP contribution is -2.33. The molecule has 1 atom stereocenters. The van der Waals surface area contributed by atoms with Gasteiger partial charge in [-0.15, -0.1) is 0 Å². The first kappa shape index (κ1) is 12.5. The number of halogens is 1. The van der Waals surface area contributed by atoms with E-state index in [4.69, 9.17) is 16.3 Å². The van der Waals surface area contributed by atoms with Gasteiger partial charge in [0.25, 0.3) is 0 Å². The fourth-order valence-corrected chi connectivity index (χ4v) is 2.87. The van der Waals surface area contributed by atoms with Crippen LogP contribution in [0.3, 0.4) is 0 Å². The molecule has 3 heteroatoms. The summed E-state index contributed by atoms with van der Waals surface area (Å²) >= 11 is 6.11. The van der Waals surface area contributed by atoms with Gasteiger partial charge >= 0.3 is 0 Å². The Kier molecular flexibility index (Phi) is 3.21. The van der Waals surface area contributed by atoms with Crippen LogP contribution in [0, 0.1) is 6.92 Å². The predicted octanol–water partition coefficient (Wildman–Crippen LogP) is 4.17. The second-order valence-corrected chi connectivity index (χ2v) is 5.44. The van der Waals surface area contributed by atoms with Crippen molar-refractivity contribution in [2.24, 2.45) is 0 Å². The number of nitrogens with zero attached hydrogens (tertiary/aromatic N) is 1. The summed E-state index contributed by atoms with van der Waals surface area (Å²) in [5.74, 6) is 0.969. The fourth-order valence-electron chi connectivity index (χ4n) is 2.58. The van der Waals surface area contributed by atoms with Crippen molar-refractivity contribution in [2.75, 3.05) is 7.05 Å². The molecular formula is C16H16ClNO. The Morgan fingerprint density at radius 3 is 2.68 bits per heavy atom. The maximum atomic E-state index is 6.18. The Morgan fingerprint density at radius 2 is 1.95 bits per heavy atom. The number of hydrogen-bond acceptors (Lipinski definition) is 2. The first-order chi connectivity index (χ1) is 9.15. The molecule has 1 heterocycles. The van der Waals surface area contributed by atoms with Gasteiger partial charge in [-0.3, -0.25) is 4.90 Å². The van der Waals surface area contributed by atoms with E-state index < -0.39 is 0 Å². The van der Waals surface area contributed by atoms with Crippen LogP contribution in [0.15, 0.2) is 42.5 Å². The maximum Gasteiger partial charge on any atom is 0.179 e. The zero-order chi connectivity index (χ0) is 13.4. The van der Waals surface area contributed by atoms with Crippen LogP contribution >= 0.6 is 11.6 Å². The largest absolute Gasteiger partial charge is 0.470 e. The van der Waals surface area contributed by atoms with Gasteiger partial charge in [0, 0.05) is 22.7 Å². The Labute approximate surface area is 118 Å².